The smallest absolute Gasteiger partial charge is 0.140 e. The Balaban J connectivity index is 1.90. The molecule has 6 saturated carbocycles. The van der Waals surface area contributed by atoms with Gasteiger partial charge < -0.3 is 0 Å². The molecule has 9 atom stereocenters. The molecular weight excluding hydrogens is 228 g/mol. The van der Waals surface area contributed by atoms with Gasteiger partial charge in [-0.1, -0.05) is 15.9 Å². The first-order chi connectivity index (χ1) is 6.30. The molecule has 13 heavy (non-hydrogen) atoms. The number of hydrogen-bond donors (Lipinski definition) is 0. The van der Waals surface area contributed by atoms with Crippen LogP contribution in [0.1, 0.15) is 6.42 Å². The zero-order valence-corrected chi connectivity index (χ0v) is 8.78. The number of ketones is 1. The maximum absolute atomic E-state index is 12.0. The van der Waals surface area contributed by atoms with Crippen LogP contribution in [0.4, 0.5) is 0 Å². The summed E-state index contributed by atoms with van der Waals surface area (Å²) in [6.45, 7) is 0. The monoisotopic (exact) mass is 238 g/mol. The number of halogens is 1. The Kier molecular flexibility index (Phi) is 0.790. The third kappa shape index (κ3) is 0.397. The van der Waals surface area contributed by atoms with Crippen molar-refractivity contribution in [2.75, 3.05) is 0 Å². The van der Waals surface area contributed by atoms with Gasteiger partial charge in [-0.15, -0.1) is 0 Å². The van der Waals surface area contributed by atoms with E-state index in [9.17, 15) is 4.79 Å². The molecule has 0 heterocycles. The Hall–Kier alpha value is 0.150. The van der Waals surface area contributed by atoms with Gasteiger partial charge in [-0.25, -0.2) is 0 Å². The van der Waals surface area contributed by atoms with Crippen LogP contribution in [-0.2, 0) is 4.79 Å². The van der Waals surface area contributed by atoms with Crippen LogP contribution in [0.25, 0.3) is 0 Å². The molecule has 1 nitrogen and oxygen atoms in total. The summed E-state index contributed by atoms with van der Waals surface area (Å²) in [6.07, 6.45) is 1.41. The largest absolute Gasteiger partial charge is 0.299 e. The first-order valence-electron chi connectivity index (χ1n) is 5.48. The van der Waals surface area contributed by atoms with Gasteiger partial charge in [0.25, 0.3) is 0 Å². The van der Waals surface area contributed by atoms with Gasteiger partial charge in [0.15, 0.2) is 0 Å². The maximum Gasteiger partial charge on any atom is 0.140 e. The lowest BCUT2D eigenvalue weighted by atomic mass is 9.71. The topological polar surface area (TPSA) is 17.1 Å². The summed E-state index contributed by atoms with van der Waals surface area (Å²) in [5, 5.41) is 0. The van der Waals surface area contributed by atoms with Crippen LogP contribution in [0.3, 0.4) is 0 Å². The van der Waals surface area contributed by atoms with E-state index in [2.05, 4.69) is 15.9 Å². The highest BCUT2D eigenvalue weighted by atomic mass is 79.9. The highest BCUT2D eigenvalue weighted by Gasteiger charge is 2.83. The number of carbonyl (C=O) groups is 1. The van der Waals surface area contributed by atoms with Crippen LogP contribution in [-0.4, -0.2) is 10.6 Å². The molecule has 0 amide bonds. The van der Waals surface area contributed by atoms with E-state index in [0.717, 1.165) is 40.3 Å². The van der Waals surface area contributed by atoms with Gasteiger partial charge >= 0.3 is 0 Å². The summed E-state index contributed by atoms with van der Waals surface area (Å²) < 4.78 is 0. The molecule has 6 aliphatic carbocycles. The van der Waals surface area contributed by atoms with Crippen LogP contribution in [0.5, 0.6) is 0 Å². The van der Waals surface area contributed by atoms with Gasteiger partial charge in [0.2, 0.25) is 0 Å². The molecule has 0 spiro atoms. The Morgan fingerprint density at radius 1 is 1.00 bits per heavy atom. The van der Waals surface area contributed by atoms with Crippen molar-refractivity contribution >= 4 is 21.7 Å². The summed E-state index contributed by atoms with van der Waals surface area (Å²) in [5.41, 5.74) is 0. The average Bonchev–Trinajstić information content (AvgIpc) is 2.78. The fourth-order valence-corrected chi connectivity index (χ4v) is 7.62. The van der Waals surface area contributed by atoms with Crippen molar-refractivity contribution in [3.05, 3.63) is 0 Å². The van der Waals surface area contributed by atoms with Gasteiger partial charge in [-0.05, 0) is 41.9 Å². The first kappa shape index (κ1) is 6.60. The highest BCUT2D eigenvalue weighted by molar-refractivity contribution is 9.09. The zero-order chi connectivity index (χ0) is 8.48. The van der Waals surface area contributed by atoms with E-state index < -0.39 is 0 Å². The number of alkyl halides is 1. The van der Waals surface area contributed by atoms with Crippen LogP contribution < -0.4 is 0 Å². The lowest BCUT2D eigenvalue weighted by Gasteiger charge is -2.32. The molecule has 2 heteroatoms. The van der Waals surface area contributed by atoms with Crippen molar-refractivity contribution in [3.8, 4) is 0 Å². The summed E-state index contributed by atoms with van der Waals surface area (Å²) >= 11 is 3.86. The summed E-state index contributed by atoms with van der Waals surface area (Å²) in [6, 6.07) is 0. The second kappa shape index (κ2) is 1.56. The van der Waals surface area contributed by atoms with Crippen molar-refractivity contribution in [2.45, 2.75) is 11.2 Å². The van der Waals surface area contributed by atoms with Crippen molar-refractivity contribution in [2.24, 2.45) is 47.3 Å². The number of carbonyl (C=O) groups excluding carboxylic acids is 1. The number of hydrogen-bond acceptors (Lipinski definition) is 1. The average molecular weight is 239 g/mol. The Morgan fingerprint density at radius 3 is 2.54 bits per heavy atom. The minimum Gasteiger partial charge on any atom is -0.299 e. The lowest BCUT2D eigenvalue weighted by molar-refractivity contribution is -0.122. The second-order valence-electron chi connectivity index (χ2n) is 5.77. The van der Waals surface area contributed by atoms with Gasteiger partial charge in [0.05, 0.1) is 0 Å². The van der Waals surface area contributed by atoms with E-state index >= 15 is 0 Å². The van der Waals surface area contributed by atoms with Crippen LogP contribution in [0.15, 0.2) is 0 Å². The SMILES string of the molecule is O=C1[C@H]2[C@@H]3C[C@H]4[C@H]2[C@@H]2[C@H](Br)[C@@H]4[C@H]3[C@@H]12. The normalized spacial score (nSPS) is 79.8. The molecule has 0 aromatic rings. The molecule has 6 aliphatic rings. The molecule has 0 aromatic heterocycles. The molecule has 68 valence electrons. The third-order valence-corrected chi connectivity index (χ3v) is 7.24. The summed E-state index contributed by atoms with van der Waals surface area (Å²) in [7, 11) is 0. The van der Waals surface area contributed by atoms with E-state index in [0.29, 0.717) is 17.6 Å². The van der Waals surface area contributed by atoms with Crippen molar-refractivity contribution < 1.29 is 4.79 Å². The number of rotatable bonds is 0. The van der Waals surface area contributed by atoms with Crippen molar-refractivity contribution in [1.29, 1.82) is 0 Å². The van der Waals surface area contributed by atoms with Gasteiger partial charge in [-0.3, -0.25) is 4.79 Å². The van der Waals surface area contributed by atoms with Crippen molar-refractivity contribution in [1.82, 2.24) is 0 Å². The molecular formula is C11H11BrO. The first-order valence-corrected chi connectivity index (χ1v) is 6.40. The Morgan fingerprint density at radius 2 is 1.77 bits per heavy atom. The lowest BCUT2D eigenvalue weighted by Crippen LogP contribution is -2.30. The summed E-state index contributed by atoms with van der Waals surface area (Å²) in [5.74, 6) is 6.90. The minimum absolute atomic E-state index is 0.521. The Labute approximate surface area is 85.4 Å². The fraction of sp³-hybridized carbons (Fsp3) is 0.909. The van der Waals surface area contributed by atoms with Crippen molar-refractivity contribution in [3.63, 3.8) is 0 Å². The summed E-state index contributed by atoms with van der Waals surface area (Å²) in [4.78, 5) is 12.7. The van der Waals surface area contributed by atoms with Crippen LogP contribution in [0.2, 0.25) is 0 Å². The van der Waals surface area contributed by atoms with Gasteiger partial charge in [-0.2, -0.15) is 0 Å². The molecule has 0 saturated heterocycles. The third-order valence-electron chi connectivity index (χ3n) is 6.01. The van der Waals surface area contributed by atoms with Crippen LogP contribution in [0, 0.1) is 47.3 Å². The van der Waals surface area contributed by atoms with E-state index in [4.69, 9.17) is 0 Å². The van der Waals surface area contributed by atoms with E-state index in [1.165, 1.54) is 6.42 Å². The quantitative estimate of drug-likeness (QED) is 0.588. The molecule has 0 unspecified atom stereocenters. The predicted octanol–water partition coefficient (Wildman–Crippen LogP) is 1.71. The molecule has 0 radical (unpaired) electrons. The van der Waals surface area contributed by atoms with E-state index in [-0.39, 0.29) is 0 Å². The Bertz CT molecular complexity index is 350. The van der Waals surface area contributed by atoms with Gasteiger partial charge in [0.1, 0.15) is 5.78 Å². The standard InChI is InChI=1S/C11H11BrO/c12-10-6-2-1-3-4(6)9-8(10)5(2)7(3)11(9)13/h2-10H,1H2/t2-,3+,4-,5+,6-,7-,8-,9+,10+/m0/s1. The molecule has 6 fully saturated rings. The van der Waals surface area contributed by atoms with Gasteiger partial charge in [0, 0.05) is 16.7 Å². The zero-order valence-electron chi connectivity index (χ0n) is 7.19. The van der Waals surface area contributed by atoms with E-state index in [1.54, 1.807) is 0 Å². The molecule has 6 rings (SSSR count). The predicted molar refractivity (Wildman–Crippen MR) is 50.3 cm³/mol. The molecule has 0 aliphatic heterocycles. The van der Waals surface area contributed by atoms with E-state index in [1.807, 2.05) is 0 Å². The number of Topliss-reactive ketones (excluding diaryl/α,β-unsaturated/α-hetero) is 1. The molecule has 0 N–H and O–H groups in total. The minimum atomic E-state index is 0.521. The van der Waals surface area contributed by atoms with Crippen LogP contribution >= 0.6 is 15.9 Å². The molecule has 6 bridgehead atoms. The fourth-order valence-electron chi connectivity index (χ4n) is 6.20. The highest BCUT2D eigenvalue weighted by Crippen LogP contribution is 2.82. The molecule has 0 aromatic carbocycles. The maximum atomic E-state index is 12.0. The second-order valence-corrected chi connectivity index (χ2v) is 6.83.